The van der Waals surface area contributed by atoms with Crippen molar-refractivity contribution in [1.82, 2.24) is 4.98 Å². The fourth-order valence-electron chi connectivity index (χ4n) is 3.37. The van der Waals surface area contributed by atoms with Crippen molar-refractivity contribution in [3.8, 4) is 33.5 Å². The molecule has 1 amide bonds. The van der Waals surface area contributed by atoms with E-state index in [0.717, 1.165) is 10.4 Å². The Balaban J connectivity index is 1.63. The smallest absolute Gasteiger partial charge is 0.234 e. The molecule has 4 rings (SSSR count). The molecule has 0 aliphatic heterocycles. The molecule has 2 aromatic carbocycles. The van der Waals surface area contributed by atoms with Crippen LogP contribution >= 0.6 is 23.1 Å². The van der Waals surface area contributed by atoms with E-state index in [1.54, 1.807) is 25.3 Å². The Hall–Kier alpha value is -3.67. The van der Waals surface area contributed by atoms with Crippen LogP contribution in [-0.2, 0) is 4.79 Å². The summed E-state index contributed by atoms with van der Waals surface area (Å²) in [6.07, 6.45) is 0. The SMILES string of the molecule is COc1cc(NC(=O)CSc2nc(-c3cccs3)cc(-c3ccc(F)cc3)c2C#N)ccc1C. The summed E-state index contributed by atoms with van der Waals surface area (Å²) >= 11 is 2.72. The number of ether oxygens (including phenoxy) is 1. The van der Waals surface area contributed by atoms with Gasteiger partial charge in [0.15, 0.2) is 0 Å². The van der Waals surface area contributed by atoms with Crippen molar-refractivity contribution in [2.24, 2.45) is 0 Å². The molecule has 5 nitrogen and oxygen atoms in total. The van der Waals surface area contributed by atoms with Gasteiger partial charge in [0.2, 0.25) is 5.91 Å². The summed E-state index contributed by atoms with van der Waals surface area (Å²) in [5.41, 5.74) is 3.99. The number of pyridine rings is 1. The molecule has 0 aliphatic carbocycles. The number of benzene rings is 2. The van der Waals surface area contributed by atoms with E-state index < -0.39 is 0 Å². The van der Waals surface area contributed by atoms with Crippen molar-refractivity contribution in [3.05, 3.63) is 83.0 Å². The van der Waals surface area contributed by atoms with Gasteiger partial charge in [-0.1, -0.05) is 36.0 Å². The van der Waals surface area contributed by atoms with Crippen molar-refractivity contribution in [3.63, 3.8) is 0 Å². The van der Waals surface area contributed by atoms with Gasteiger partial charge in [-0.05, 0) is 53.8 Å². The first kappa shape index (κ1) is 23.5. The Labute approximate surface area is 205 Å². The molecule has 0 aliphatic rings. The van der Waals surface area contributed by atoms with E-state index >= 15 is 0 Å². The lowest BCUT2D eigenvalue weighted by Crippen LogP contribution is -2.14. The van der Waals surface area contributed by atoms with Crippen LogP contribution in [0.4, 0.5) is 10.1 Å². The maximum atomic E-state index is 13.5. The van der Waals surface area contributed by atoms with Gasteiger partial charge in [0, 0.05) is 17.3 Å². The maximum Gasteiger partial charge on any atom is 0.234 e. The fraction of sp³-hybridized carbons (Fsp3) is 0.115. The minimum atomic E-state index is -0.353. The van der Waals surface area contributed by atoms with Gasteiger partial charge in [0.1, 0.15) is 22.7 Å². The van der Waals surface area contributed by atoms with Gasteiger partial charge in [-0.25, -0.2) is 9.37 Å². The third-order valence-corrected chi connectivity index (χ3v) is 6.93. The van der Waals surface area contributed by atoms with Crippen LogP contribution in [0.5, 0.6) is 5.75 Å². The zero-order chi connectivity index (χ0) is 24.1. The number of hydrogen-bond acceptors (Lipinski definition) is 6. The zero-order valence-corrected chi connectivity index (χ0v) is 20.1. The number of halogens is 1. The second-order valence-corrected chi connectivity index (χ2v) is 9.26. The maximum absolute atomic E-state index is 13.5. The third-order valence-electron chi connectivity index (χ3n) is 5.06. The van der Waals surface area contributed by atoms with Crippen molar-refractivity contribution < 1.29 is 13.9 Å². The van der Waals surface area contributed by atoms with E-state index in [1.165, 1.54) is 35.2 Å². The van der Waals surface area contributed by atoms with E-state index in [-0.39, 0.29) is 17.5 Å². The molecule has 1 N–H and O–H groups in total. The number of thiophene rings is 1. The van der Waals surface area contributed by atoms with Gasteiger partial charge in [0.05, 0.1) is 29.0 Å². The number of amides is 1. The van der Waals surface area contributed by atoms with Gasteiger partial charge in [-0.15, -0.1) is 11.3 Å². The number of anilines is 1. The van der Waals surface area contributed by atoms with Gasteiger partial charge < -0.3 is 10.1 Å². The Morgan fingerprint density at radius 2 is 2.00 bits per heavy atom. The highest BCUT2D eigenvalue weighted by Gasteiger charge is 2.18. The summed E-state index contributed by atoms with van der Waals surface area (Å²) in [6.45, 7) is 1.93. The molecule has 0 saturated heterocycles. The van der Waals surface area contributed by atoms with Gasteiger partial charge >= 0.3 is 0 Å². The zero-order valence-electron chi connectivity index (χ0n) is 18.5. The fourth-order valence-corrected chi connectivity index (χ4v) is 4.86. The van der Waals surface area contributed by atoms with Crippen LogP contribution in [0.1, 0.15) is 11.1 Å². The normalized spacial score (nSPS) is 10.5. The van der Waals surface area contributed by atoms with Crippen LogP contribution in [0.15, 0.2) is 71.1 Å². The molecule has 0 bridgehead atoms. The number of thioether (sulfide) groups is 1. The van der Waals surface area contributed by atoms with Crippen LogP contribution in [0.3, 0.4) is 0 Å². The highest BCUT2D eigenvalue weighted by Crippen LogP contribution is 2.35. The molecule has 34 heavy (non-hydrogen) atoms. The Kier molecular flexibility index (Phi) is 7.26. The lowest BCUT2D eigenvalue weighted by atomic mass is 10.0. The number of methoxy groups -OCH3 is 1. The number of carbonyl (C=O) groups excluding carboxylic acids is 1. The van der Waals surface area contributed by atoms with E-state index in [4.69, 9.17) is 4.74 Å². The summed E-state index contributed by atoms with van der Waals surface area (Å²) < 4.78 is 18.8. The topological polar surface area (TPSA) is 75.0 Å². The molecular formula is C26H20FN3O2S2. The van der Waals surface area contributed by atoms with Crippen LogP contribution in [0, 0.1) is 24.1 Å². The number of rotatable bonds is 7. The first-order chi connectivity index (χ1) is 16.5. The summed E-state index contributed by atoms with van der Waals surface area (Å²) in [6, 6.07) is 19.4. The molecule has 0 atom stereocenters. The Morgan fingerprint density at radius 3 is 2.68 bits per heavy atom. The number of carbonyl (C=O) groups is 1. The van der Waals surface area contributed by atoms with E-state index in [0.29, 0.717) is 38.8 Å². The van der Waals surface area contributed by atoms with Crippen molar-refractivity contribution in [2.75, 3.05) is 18.2 Å². The predicted molar refractivity (Wildman–Crippen MR) is 135 cm³/mol. The lowest BCUT2D eigenvalue weighted by Gasteiger charge is -2.12. The van der Waals surface area contributed by atoms with E-state index in [1.807, 2.05) is 42.6 Å². The molecule has 8 heteroatoms. The number of nitrogens with one attached hydrogen (secondary N) is 1. The first-order valence-corrected chi connectivity index (χ1v) is 12.2. The summed E-state index contributed by atoms with van der Waals surface area (Å²) in [7, 11) is 1.58. The number of aromatic nitrogens is 1. The van der Waals surface area contributed by atoms with Gasteiger partial charge in [0.25, 0.3) is 0 Å². The average molecular weight is 490 g/mol. The van der Waals surface area contributed by atoms with Gasteiger partial charge in [-0.3, -0.25) is 4.79 Å². The number of nitriles is 1. The highest BCUT2D eigenvalue weighted by molar-refractivity contribution is 8.00. The standard InChI is InChI=1S/C26H20FN3O2S2/c1-16-5-10-19(12-23(16)32-2)29-25(31)15-34-26-21(14-28)20(17-6-8-18(27)9-7-17)13-22(30-26)24-4-3-11-33-24/h3-13H,15H2,1-2H3,(H,29,31). The number of hydrogen-bond donors (Lipinski definition) is 1. The molecule has 0 radical (unpaired) electrons. The molecule has 2 heterocycles. The molecule has 4 aromatic rings. The van der Waals surface area contributed by atoms with Crippen LogP contribution in [0.2, 0.25) is 0 Å². The molecule has 0 unspecified atom stereocenters. The minimum absolute atomic E-state index is 0.0641. The van der Waals surface area contributed by atoms with Crippen LogP contribution < -0.4 is 10.1 Å². The molecule has 170 valence electrons. The first-order valence-electron chi connectivity index (χ1n) is 10.3. The molecule has 2 aromatic heterocycles. The van der Waals surface area contributed by atoms with Crippen molar-refractivity contribution in [2.45, 2.75) is 11.9 Å². The highest BCUT2D eigenvalue weighted by atomic mass is 32.2. The van der Waals surface area contributed by atoms with Crippen LogP contribution in [0.25, 0.3) is 21.7 Å². The molecule has 0 spiro atoms. The van der Waals surface area contributed by atoms with Gasteiger partial charge in [-0.2, -0.15) is 5.26 Å². The Bertz CT molecular complexity index is 1360. The predicted octanol–water partition coefficient (Wildman–Crippen LogP) is 6.54. The number of aryl methyl sites for hydroxylation is 1. The minimum Gasteiger partial charge on any atom is -0.496 e. The second kappa shape index (κ2) is 10.5. The molecule has 0 fully saturated rings. The second-order valence-electron chi connectivity index (χ2n) is 7.35. The third kappa shape index (κ3) is 5.28. The van der Waals surface area contributed by atoms with Crippen molar-refractivity contribution >= 4 is 34.7 Å². The molecular weight excluding hydrogens is 469 g/mol. The average Bonchev–Trinajstić information content (AvgIpc) is 3.39. The van der Waals surface area contributed by atoms with Crippen LogP contribution in [-0.4, -0.2) is 23.8 Å². The summed E-state index contributed by atoms with van der Waals surface area (Å²) in [4.78, 5) is 18.3. The quantitative estimate of drug-likeness (QED) is 0.299. The monoisotopic (exact) mass is 489 g/mol. The lowest BCUT2D eigenvalue weighted by molar-refractivity contribution is -0.113. The van der Waals surface area contributed by atoms with Crippen molar-refractivity contribution in [1.29, 1.82) is 5.26 Å². The van der Waals surface area contributed by atoms with E-state index in [9.17, 15) is 14.4 Å². The largest absolute Gasteiger partial charge is 0.496 e. The Morgan fingerprint density at radius 1 is 1.21 bits per heavy atom. The summed E-state index contributed by atoms with van der Waals surface area (Å²) in [5.74, 6) is 0.168. The van der Waals surface area contributed by atoms with E-state index in [2.05, 4.69) is 16.4 Å². The number of nitrogens with zero attached hydrogens (tertiary/aromatic N) is 2. The molecule has 0 saturated carbocycles. The summed E-state index contributed by atoms with van der Waals surface area (Å²) in [5, 5.41) is 15.2.